The number of β-lactam (4-membered cyclic amide) rings is 1. The van der Waals surface area contributed by atoms with Gasteiger partial charge in [0.2, 0.25) is 5.91 Å². The molecule has 2 atom stereocenters. The quantitative estimate of drug-likeness (QED) is 0.354. The normalized spacial score (nSPS) is 20.2. The van der Waals surface area contributed by atoms with Crippen molar-refractivity contribution in [2.24, 2.45) is 11.0 Å². The molecule has 1 saturated heterocycles. The molecule has 5 nitrogen and oxygen atoms in total. The minimum Gasteiger partial charge on any atom is -0.304 e. The van der Waals surface area contributed by atoms with Crippen molar-refractivity contribution in [3.63, 3.8) is 0 Å². The molecule has 22 heavy (non-hydrogen) atoms. The van der Waals surface area contributed by atoms with Crippen molar-refractivity contribution in [2.75, 3.05) is 11.4 Å². The summed E-state index contributed by atoms with van der Waals surface area (Å²) in [6.45, 7) is 0.346. The molecule has 110 valence electrons. The van der Waals surface area contributed by atoms with E-state index in [4.69, 9.17) is 5.53 Å². The lowest BCUT2D eigenvalue weighted by atomic mass is 9.80. The topological polar surface area (TPSA) is 69.1 Å². The third-order valence-corrected chi connectivity index (χ3v) is 3.99. The molecular weight excluding hydrogens is 276 g/mol. The molecule has 0 radical (unpaired) electrons. The third-order valence-electron chi connectivity index (χ3n) is 3.99. The smallest absolute Gasteiger partial charge is 0.233 e. The van der Waals surface area contributed by atoms with Crippen molar-refractivity contribution >= 4 is 11.6 Å². The van der Waals surface area contributed by atoms with E-state index in [1.54, 1.807) is 0 Å². The van der Waals surface area contributed by atoms with Gasteiger partial charge in [0.25, 0.3) is 0 Å². The molecular formula is C17H16N4O. The predicted octanol–water partition coefficient (Wildman–Crippen LogP) is 4.09. The minimum atomic E-state index is -0.131. The van der Waals surface area contributed by atoms with Crippen LogP contribution in [0.25, 0.3) is 10.4 Å². The van der Waals surface area contributed by atoms with E-state index in [0.717, 1.165) is 11.3 Å². The minimum absolute atomic E-state index is 0.00462. The predicted molar refractivity (Wildman–Crippen MR) is 85.2 cm³/mol. The lowest BCUT2D eigenvalue weighted by Crippen LogP contribution is -2.55. The van der Waals surface area contributed by atoms with Crippen LogP contribution in [0.2, 0.25) is 0 Å². The second-order valence-electron chi connectivity index (χ2n) is 5.25. The highest BCUT2D eigenvalue weighted by Gasteiger charge is 2.47. The zero-order valence-corrected chi connectivity index (χ0v) is 12.0. The Hall–Kier alpha value is -2.78. The number of hydrogen-bond donors (Lipinski definition) is 0. The Balaban J connectivity index is 1.90. The Labute approximate surface area is 128 Å². The van der Waals surface area contributed by atoms with Crippen LogP contribution in [0.5, 0.6) is 0 Å². The van der Waals surface area contributed by atoms with Crippen molar-refractivity contribution in [3.8, 4) is 0 Å². The maximum Gasteiger partial charge on any atom is 0.233 e. The summed E-state index contributed by atoms with van der Waals surface area (Å²) in [6, 6.07) is 19.7. The highest BCUT2D eigenvalue weighted by molar-refractivity contribution is 6.03. The zero-order chi connectivity index (χ0) is 15.4. The van der Waals surface area contributed by atoms with E-state index in [1.165, 1.54) is 0 Å². The molecule has 0 N–H and O–H groups in total. The van der Waals surface area contributed by atoms with Gasteiger partial charge in [-0.15, -0.1) is 0 Å². The summed E-state index contributed by atoms with van der Waals surface area (Å²) in [4.78, 5) is 17.1. The van der Waals surface area contributed by atoms with Gasteiger partial charge in [0.1, 0.15) is 0 Å². The van der Waals surface area contributed by atoms with Crippen LogP contribution in [0.3, 0.4) is 0 Å². The van der Waals surface area contributed by atoms with Crippen molar-refractivity contribution in [3.05, 3.63) is 76.7 Å². The summed E-state index contributed by atoms with van der Waals surface area (Å²) >= 11 is 0. The number of benzene rings is 2. The second kappa shape index (κ2) is 6.33. The summed E-state index contributed by atoms with van der Waals surface area (Å²) < 4.78 is 0. The van der Waals surface area contributed by atoms with E-state index in [1.807, 2.05) is 65.6 Å². The van der Waals surface area contributed by atoms with Crippen LogP contribution < -0.4 is 4.90 Å². The number of amides is 1. The van der Waals surface area contributed by atoms with E-state index in [-0.39, 0.29) is 17.9 Å². The van der Waals surface area contributed by atoms with E-state index < -0.39 is 0 Å². The van der Waals surface area contributed by atoms with Gasteiger partial charge in [-0.25, -0.2) is 0 Å². The first-order valence-electron chi connectivity index (χ1n) is 7.27. The van der Waals surface area contributed by atoms with E-state index in [0.29, 0.717) is 13.0 Å². The van der Waals surface area contributed by atoms with Gasteiger partial charge in [0.15, 0.2) is 0 Å². The van der Waals surface area contributed by atoms with Gasteiger partial charge in [-0.2, -0.15) is 0 Å². The molecule has 0 spiro atoms. The number of rotatable bonds is 5. The second-order valence-corrected chi connectivity index (χ2v) is 5.25. The maximum atomic E-state index is 12.5. The monoisotopic (exact) mass is 292 g/mol. The van der Waals surface area contributed by atoms with Crippen LogP contribution in [0.1, 0.15) is 18.0 Å². The fraction of sp³-hybridized carbons (Fsp3) is 0.235. The highest BCUT2D eigenvalue weighted by Crippen LogP contribution is 2.44. The molecule has 1 aliphatic heterocycles. The van der Waals surface area contributed by atoms with Crippen LogP contribution in [0.15, 0.2) is 65.8 Å². The molecule has 0 aliphatic carbocycles. The maximum absolute atomic E-state index is 12.5. The Bertz CT molecular complexity index is 695. The van der Waals surface area contributed by atoms with E-state index in [9.17, 15) is 4.79 Å². The lowest BCUT2D eigenvalue weighted by Gasteiger charge is -2.47. The van der Waals surface area contributed by atoms with Crippen LogP contribution in [0, 0.1) is 5.92 Å². The largest absolute Gasteiger partial charge is 0.304 e. The first kappa shape index (κ1) is 14.2. The molecule has 1 fully saturated rings. The Kier molecular flexibility index (Phi) is 4.08. The number of anilines is 1. The Morgan fingerprint density at radius 3 is 2.32 bits per heavy atom. The van der Waals surface area contributed by atoms with Crippen molar-refractivity contribution in [2.45, 2.75) is 12.5 Å². The standard InChI is InChI=1S/C17H16N4O/c18-20-19-12-11-15-16(13-7-3-1-4-8-13)21(17(15)22)14-9-5-2-6-10-14/h1-10,15-16H,11-12H2/t15-,16+/m0/s1. The molecule has 0 unspecified atom stereocenters. The summed E-state index contributed by atoms with van der Waals surface area (Å²) in [5.74, 6) is -0.0405. The molecule has 1 heterocycles. The summed E-state index contributed by atoms with van der Waals surface area (Å²) in [5.41, 5.74) is 10.4. The van der Waals surface area contributed by atoms with Gasteiger partial charge in [0.05, 0.1) is 12.0 Å². The van der Waals surface area contributed by atoms with Gasteiger partial charge in [0, 0.05) is 17.1 Å². The summed E-state index contributed by atoms with van der Waals surface area (Å²) in [7, 11) is 0. The number of para-hydroxylation sites is 1. The van der Waals surface area contributed by atoms with Gasteiger partial charge < -0.3 is 4.90 Å². The van der Waals surface area contributed by atoms with Gasteiger partial charge in [-0.3, -0.25) is 4.79 Å². The van der Waals surface area contributed by atoms with Crippen LogP contribution in [-0.4, -0.2) is 12.5 Å². The number of carbonyl (C=O) groups is 1. The molecule has 1 amide bonds. The van der Waals surface area contributed by atoms with E-state index in [2.05, 4.69) is 10.0 Å². The van der Waals surface area contributed by atoms with Crippen LogP contribution >= 0.6 is 0 Å². The first-order valence-corrected chi connectivity index (χ1v) is 7.27. The lowest BCUT2D eigenvalue weighted by molar-refractivity contribution is -0.130. The fourth-order valence-corrected chi connectivity index (χ4v) is 2.98. The van der Waals surface area contributed by atoms with Crippen LogP contribution in [-0.2, 0) is 4.79 Å². The Morgan fingerprint density at radius 1 is 1.05 bits per heavy atom. The fourth-order valence-electron chi connectivity index (χ4n) is 2.98. The van der Waals surface area contributed by atoms with E-state index >= 15 is 0 Å². The third kappa shape index (κ3) is 2.54. The SMILES string of the molecule is [N-]=[N+]=NCC[C@@H]1C(=O)N(c2ccccc2)[C@@H]1c1ccccc1. The number of nitrogens with zero attached hydrogens (tertiary/aromatic N) is 4. The zero-order valence-electron chi connectivity index (χ0n) is 12.0. The van der Waals surface area contributed by atoms with Crippen molar-refractivity contribution < 1.29 is 4.79 Å². The number of azide groups is 1. The summed E-state index contributed by atoms with van der Waals surface area (Å²) in [6.07, 6.45) is 0.575. The molecule has 0 bridgehead atoms. The van der Waals surface area contributed by atoms with Gasteiger partial charge in [-0.05, 0) is 29.6 Å². The van der Waals surface area contributed by atoms with Crippen LogP contribution in [0.4, 0.5) is 5.69 Å². The molecule has 5 heteroatoms. The first-order chi connectivity index (χ1) is 10.8. The van der Waals surface area contributed by atoms with Gasteiger partial charge >= 0.3 is 0 Å². The molecule has 0 saturated carbocycles. The van der Waals surface area contributed by atoms with Crippen molar-refractivity contribution in [1.82, 2.24) is 0 Å². The highest BCUT2D eigenvalue weighted by atomic mass is 16.2. The van der Waals surface area contributed by atoms with Crippen molar-refractivity contribution in [1.29, 1.82) is 0 Å². The molecule has 0 aromatic heterocycles. The molecule has 2 aromatic rings. The Morgan fingerprint density at radius 2 is 1.68 bits per heavy atom. The van der Waals surface area contributed by atoms with Gasteiger partial charge in [-0.1, -0.05) is 53.6 Å². The molecule has 2 aromatic carbocycles. The number of hydrogen-bond acceptors (Lipinski definition) is 2. The average Bonchev–Trinajstić information content (AvgIpc) is 2.58. The average molecular weight is 292 g/mol. The molecule has 1 aliphatic rings. The number of carbonyl (C=O) groups excluding carboxylic acids is 1. The summed E-state index contributed by atoms with van der Waals surface area (Å²) in [5, 5.41) is 3.56. The molecule has 3 rings (SSSR count).